The number of nitrogens with zero attached hydrogens (tertiary/aromatic N) is 3. The molecule has 1 fully saturated rings. The van der Waals surface area contributed by atoms with Crippen LogP contribution in [0.1, 0.15) is 23.5 Å². The number of H-pyrrole nitrogens is 1. The van der Waals surface area contributed by atoms with Crippen molar-refractivity contribution in [3.8, 4) is 17.6 Å². The molecule has 1 amide bonds. The summed E-state index contributed by atoms with van der Waals surface area (Å²) in [6.07, 6.45) is 0.286. The van der Waals surface area contributed by atoms with E-state index < -0.39 is 11.3 Å². The molecule has 4 aromatic rings. The molecule has 0 spiro atoms. The third kappa shape index (κ3) is 4.62. The lowest BCUT2D eigenvalue weighted by atomic mass is 9.98. The topological polar surface area (TPSA) is 131 Å². The second kappa shape index (κ2) is 9.79. The average Bonchev–Trinajstić information content (AvgIpc) is 3.44. The van der Waals surface area contributed by atoms with Gasteiger partial charge in [0.15, 0.2) is 11.6 Å². The summed E-state index contributed by atoms with van der Waals surface area (Å²) in [6, 6.07) is 17.5. The molecule has 2 atom stereocenters. The molecule has 1 aromatic heterocycles. The molecule has 12 heteroatoms. The number of rotatable bonds is 6. The molecule has 1 aliphatic rings. The van der Waals surface area contributed by atoms with Gasteiger partial charge in [-0.05, 0) is 48.0 Å². The summed E-state index contributed by atoms with van der Waals surface area (Å²) >= 11 is 10.4. The number of amides is 1. The first-order chi connectivity index (χ1) is 17.3. The maximum atomic E-state index is 12.9. The predicted molar refractivity (Wildman–Crippen MR) is 138 cm³/mol. The van der Waals surface area contributed by atoms with Gasteiger partial charge < -0.3 is 9.64 Å². The Morgan fingerprint density at radius 2 is 2.03 bits per heavy atom. The molecule has 1 aliphatic heterocycles. The fraction of sp³-hybridized carbons (Fsp3) is 0.125. The molecule has 0 bridgehead atoms. The monoisotopic (exact) mass is 541 g/mol. The van der Waals surface area contributed by atoms with Gasteiger partial charge in [0.25, 0.3) is 11.3 Å². The fourth-order valence-corrected chi connectivity index (χ4v) is 4.87. The van der Waals surface area contributed by atoms with Crippen molar-refractivity contribution in [3.05, 3.63) is 75.8 Å². The van der Waals surface area contributed by atoms with Crippen molar-refractivity contribution in [2.75, 3.05) is 16.2 Å². The van der Waals surface area contributed by atoms with Crippen LogP contribution in [0.25, 0.3) is 10.9 Å². The zero-order valence-electron chi connectivity index (χ0n) is 18.4. The van der Waals surface area contributed by atoms with Crippen LogP contribution in [0, 0.1) is 11.3 Å². The van der Waals surface area contributed by atoms with E-state index in [1.54, 1.807) is 53.4 Å². The Morgan fingerprint density at radius 1 is 1.19 bits per heavy atom. The second-order valence-corrected chi connectivity index (χ2v) is 9.60. The van der Waals surface area contributed by atoms with Gasteiger partial charge in [-0.3, -0.25) is 19.2 Å². The van der Waals surface area contributed by atoms with E-state index in [0.717, 1.165) is 5.56 Å². The highest BCUT2D eigenvalue weighted by atomic mass is 35.5. The molecule has 0 radical (unpaired) electrons. The Hall–Kier alpha value is -3.62. The van der Waals surface area contributed by atoms with E-state index in [2.05, 4.69) is 21.0 Å². The number of hydrogen-bond donors (Lipinski definition) is 3. The third-order valence-corrected chi connectivity index (χ3v) is 6.87. The summed E-state index contributed by atoms with van der Waals surface area (Å²) < 4.78 is 28.4. The Labute approximate surface area is 218 Å². The van der Waals surface area contributed by atoms with Crippen molar-refractivity contribution in [1.29, 1.82) is 5.26 Å². The number of para-hydroxylation sites is 1. The number of anilines is 2. The number of nitrogens with one attached hydrogen (secondary N) is 2. The molecular weight excluding hydrogens is 525 g/mol. The highest BCUT2D eigenvalue weighted by Gasteiger charge is 2.32. The number of benzene rings is 3. The predicted octanol–water partition coefficient (Wildman–Crippen LogP) is 5.60. The van der Waals surface area contributed by atoms with Gasteiger partial charge >= 0.3 is 0 Å². The summed E-state index contributed by atoms with van der Waals surface area (Å²) in [6.45, 7) is 0.431. The number of ether oxygens (including phenoxy) is 1. The number of halogens is 2. The zero-order chi connectivity index (χ0) is 25.4. The molecule has 3 N–H and O–H groups in total. The normalized spacial score (nSPS) is 16.2. The molecule has 1 saturated heterocycles. The van der Waals surface area contributed by atoms with E-state index in [1.165, 1.54) is 0 Å². The molecule has 9 nitrogen and oxygen atoms in total. The number of fused-ring (bicyclic) bond motifs is 1. The van der Waals surface area contributed by atoms with Crippen molar-refractivity contribution >= 4 is 62.8 Å². The van der Waals surface area contributed by atoms with Crippen molar-refractivity contribution in [2.45, 2.75) is 12.3 Å². The SMILES string of the molecule is N#Cc1cccc(Cl)c1Oc1cc([C@H]2CC(=O)N(c3ccc4c(NS(=O)O)n[nH]c4c3)C2)ccc1Cl. The summed E-state index contributed by atoms with van der Waals surface area (Å²) in [5, 5.41) is 17.5. The van der Waals surface area contributed by atoms with Gasteiger partial charge in [0.1, 0.15) is 11.8 Å². The van der Waals surface area contributed by atoms with Crippen LogP contribution in [0.5, 0.6) is 11.5 Å². The minimum atomic E-state index is -2.25. The lowest BCUT2D eigenvalue weighted by Gasteiger charge is -2.18. The van der Waals surface area contributed by atoms with Crippen LogP contribution in [0.2, 0.25) is 10.0 Å². The molecule has 1 unspecified atom stereocenters. The summed E-state index contributed by atoms with van der Waals surface area (Å²) in [5.74, 6) is 0.630. The average molecular weight is 542 g/mol. The quantitative estimate of drug-likeness (QED) is 0.272. The number of carbonyl (C=O) groups is 1. The maximum absolute atomic E-state index is 12.9. The number of hydrogen-bond acceptors (Lipinski definition) is 5. The summed E-state index contributed by atoms with van der Waals surface area (Å²) in [5.41, 5.74) is 2.43. The Morgan fingerprint density at radius 3 is 2.81 bits per heavy atom. The standard InChI is InChI=1S/C24H17Cl2N5O4S/c25-18-7-4-13(8-21(18)35-23-14(11-27)2-1-3-19(23)26)15-9-22(32)31(12-15)16-5-6-17-20(10-16)28-29-24(17)30-36(33)34/h1-8,10,15H,9,12H2,(H,33,34)(H2,28,29,30)/t15-/m0/s1. The first kappa shape index (κ1) is 24.1. The van der Waals surface area contributed by atoms with Crippen LogP contribution in [0.15, 0.2) is 54.6 Å². The smallest absolute Gasteiger partial charge is 0.260 e. The van der Waals surface area contributed by atoms with Gasteiger partial charge in [0, 0.05) is 30.0 Å². The van der Waals surface area contributed by atoms with Gasteiger partial charge in [0.05, 0.1) is 21.1 Å². The zero-order valence-corrected chi connectivity index (χ0v) is 20.7. The Kier molecular flexibility index (Phi) is 6.55. The van der Waals surface area contributed by atoms with Crippen molar-refractivity contribution in [1.82, 2.24) is 10.2 Å². The highest BCUT2D eigenvalue weighted by Crippen LogP contribution is 2.40. The van der Waals surface area contributed by atoms with Crippen molar-refractivity contribution in [2.24, 2.45) is 0 Å². The Balaban J connectivity index is 1.39. The first-order valence-corrected chi connectivity index (χ1v) is 12.5. The number of aromatic nitrogens is 2. The molecule has 3 aromatic carbocycles. The maximum Gasteiger partial charge on any atom is 0.260 e. The number of carbonyl (C=O) groups excluding carboxylic acids is 1. The van der Waals surface area contributed by atoms with Gasteiger partial charge in [-0.1, -0.05) is 35.3 Å². The van der Waals surface area contributed by atoms with Crippen LogP contribution < -0.4 is 14.4 Å². The van der Waals surface area contributed by atoms with E-state index in [0.29, 0.717) is 33.9 Å². The van der Waals surface area contributed by atoms with Crippen molar-refractivity contribution < 1.29 is 18.3 Å². The minimum Gasteiger partial charge on any atom is -0.453 e. The van der Waals surface area contributed by atoms with Crippen LogP contribution in [-0.2, 0) is 16.1 Å². The molecule has 36 heavy (non-hydrogen) atoms. The summed E-state index contributed by atoms with van der Waals surface area (Å²) in [7, 11) is 0. The van der Waals surface area contributed by atoms with Gasteiger partial charge in [-0.15, -0.1) is 0 Å². The number of nitriles is 1. The molecule has 5 rings (SSSR count). The molecular formula is C24H17Cl2N5O4S. The fourth-order valence-electron chi connectivity index (χ4n) is 4.18. The molecule has 0 saturated carbocycles. The van der Waals surface area contributed by atoms with Crippen LogP contribution in [0.3, 0.4) is 0 Å². The molecule has 0 aliphatic carbocycles. The lowest BCUT2D eigenvalue weighted by molar-refractivity contribution is -0.117. The van der Waals surface area contributed by atoms with Crippen LogP contribution in [0.4, 0.5) is 11.5 Å². The second-order valence-electron chi connectivity index (χ2n) is 8.08. The van der Waals surface area contributed by atoms with E-state index in [9.17, 15) is 14.3 Å². The first-order valence-electron chi connectivity index (χ1n) is 10.7. The van der Waals surface area contributed by atoms with Crippen LogP contribution in [-0.4, -0.2) is 31.4 Å². The molecule has 2 heterocycles. The van der Waals surface area contributed by atoms with E-state index in [-0.39, 0.29) is 40.4 Å². The van der Waals surface area contributed by atoms with Gasteiger partial charge in [0.2, 0.25) is 5.91 Å². The minimum absolute atomic E-state index is 0.0519. The lowest BCUT2D eigenvalue weighted by Crippen LogP contribution is -2.24. The summed E-state index contributed by atoms with van der Waals surface area (Å²) in [4.78, 5) is 14.6. The van der Waals surface area contributed by atoms with Crippen molar-refractivity contribution in [3.63, 3.8) is 0 Å². The largest absolute Gasteiger partial charge is 0.453 e. The highest BCUT2D eigenvalue weighted by molar-refractivity contribution is 7.80. The third-order valence-electron chi connectivity index (χ3n) is 5.89. The Bertz CT molecular complexity index is 1570. The van der Waals surface area contributed by atoms with Gasteiger partial charge in [-0.25, -0.2) is 4.21 Å². The van der Waals surface area contributed by atoms with Crippen LogP contribution >= 0.6 is 23.2 Å². The van der Waals surface area contributed by atoms with E-state index >= 15 is 0 Å². The van der Waals surface area contributed by atoms with Gasteiger partial charge in [-0.2, -0.15) is 10.4 Å². The van der Waals surface area contributed by atoms with E-state index in [4.69, 9.17) is 32.5 Å². The van der Waals surface area contributed by atoms with E-state index in [1.807, 2.05) is 6.07 Å². The molecule has 182 valence electrons. The number of aromatic amines is 1.